The summed E-state index contributed by atoms with van der Waals surface area (Å²) >= 11 is 0. The molecule has 0 unspecified atom stereocenters. The highest BCUT2D eigenvalue weighted by atomic mass is 15.2. The number of rotatable bonds is 3. The molecule has 1 heterocycles. The molecule has 0 amide bonds. The molecule has 0 aromatic heterocycles. The maximum absolute atomic E-state index is 9.08. The van der Waals surface area contributed by atoms with Crippen LogP contribution in [0.3, 0.4) is 0 Å². The SMILES string of the molecule is CNc1cc2c(cc1C#N)NCC2(NC)NC. The highest BCUT2D eigenvalue weighted by Crippen LogP contribution is 2.36. The monoisotopic (exact) mass is 231 g/mol. The van der Waals surface area contributed by atoms with Crippen molar-refractivity contribution < 1.29 is 0 Å². The zero-order chi connectivity index (χ0) is 12.5. The predicted octanol–water partition coefficient (Wildman–Crippen LogP) is 0.617. The zero-order valence-corrected chi connectivity index (χ0v) is 10.3. The van der Waals surface area contributed by atoms with Crippen molar-refractivity contribution in [3.8, 4) is 6.07 Å². The average Bonchev–Trinajstić information content (AvgIpc) is 2.75. The Hall–Kier alpha value is -1.77. The zero-order valence-electron chi connectivity index (χ0n) is 10.3. The quantitative estimate of drug-likeness (QED) is 0.574. The van der Waals surface area contributed by atoms with Crippen LogP contribution in [0.4, 0.5) is 11.4 Å². The van der Waals surface area contributed by atoms with E-state index in [0.717, 1.165) is 23.5 Å². The standard InChI is InChI=1S/C12H17N5/c1-14-10-5-9-11(4-8(10)6-13)17-7-12(9,15-2)16-3/h4-5,14-17H,7H2,1-3H3. The van der Waals surface area contributed by atoms with Gasteiger partial charge in [-0.15, -0.1) is 0 Å². The van der Waals surface area contributed by atoms with Crippen molar-refractivity contribution in [2.24, 2.45) is 0 Å². The molecule has 0 saturated carbocycles. The van der Waals surface area contributed by atoms with Gasteiger partial charge in [-0.1, -0.05) is 0 Å². The molecule has 5 heteroatoms. The summed E-state index contributed by atoms with van der Waals surface area (Å²) in [5.74, 6) is 0. The van der Waals surface area contributed by atoms with Crippen LogP contribution in [0.2, 0.25) is 0 Å². The third-order valence-electron chi connectivity index (χ3n) is 3.40. The van der Waals surface area contributed by atoms with Crippen LogP contribution >= 0.6 is 0 Å². The first-order valence-corrected chi connectivity index (χ1v) is 5.59. The molecule has 5 nitrogen and oxygen atoms in total. The van der Waals surface area contributed by atoms with Crippen LogP contribution in [0.25, 0.3) is 0 Å². The Bertz CT molecular complexity index is 471. The fraction of sp³-hybridized carbons (Fsp3) is 0.417. The molecule has 0 atom stereocenters. The molecular weight excluding hydrogens is 214 g/mol. The van der Waals surface area contributed by atoms with E-state index >= 15 is 0 Å². The van der Waals surface area contributed by atoms with Crippen LogP contribution in [0.15, 0.2) is 12.1 Å². The van der Waals surface area contributed by atoms with Crippen molar-refractivity contribution in [1.82, 2.24) is 10.6 Å². The van der Waals surface area contributed by atoms with E-state index in [4.69, 9.17) is 5.26 Å². The minimum atomic E-state index is -0.269. The smallest absolute Gasteiger partial charge is 0.114 e. The van der Waals surface area contributed by atoms with Crippen molar-refractivity contribution in [2.45, 2.75) is 5.66 Å². The molecule has 1 aliphatic rings. The summed E-state index contributed by atoms with van der Waals surface area (Å²) in [5, 5.41) is 22.0. The molecule has 1 aromatic carbocycles. The Morgan fingerprint density at radius 2 is 2.00 bits per heavy atom. The average molecular weight is 231 g/mol. The van der Waals surface area contributed by atoms with Crippen molar-refractivity contribution in [3.63, 3.8) is 0 Å². The summed E-state index contributed by atoms with van der Waals surface area (Å²) in [5.41, 5.74) is 3.37. The predicted molar refractivity (Wildman–Crippen MR) is 69.0 cm³/mol. The van der Waals surface area contributed by atoms with Gasteiger partial charge in [0, 0.05) is 18.3 Å². The van der Waals surface area contributed by atoms with Crippen molar-refractivity contribution >= 4 is 11.4 Å². The minimum Gasteiger partial charge on any atom is -0.387 e. The van der Waals surface area contributed by atoms with Crippen molar-refractivity contribution in [3.05, 3.63) is 23.3 Å². The molecule has 4 N–H and O–H groups in total. The molecule has 0 aliphatic carbocycles. The molecule has 0 spiro atoms. The lowest BCUT2D eigenvalue weighted by molar-refractivity contribution is 0.338. The lowest BCUT2D eigenvalue weighted by atomic mass is 9.99. The van der Waals surface area contributed by atoms with E-state index in [9.17, 15) is 0 Å². The maximum Gasteiger partial charge on any atom is 0.114 e. The van der Waals surface area contributed by atoms with E-state index in [0.29, 0.717) is 5.56 Å². The van der Waals surface area contributed by atoms with Gasteiger partial charge in [0.25, 0.3) is 0 Å². The molecule has 1 aromatic rings. The van der Waals surface area contributed by atoms with E-state index in [-0.39, 0.29) is 5.66 Å². The number of nitrogens with zero attached hydrogens (tertiary/aromatic N) is 1. The lowest BCUT2D eigenvalue weighted by Gasteiger charge is -2.28. The lowest BCUT2D eigenvalue weighted by Crippen LogP contribution is -2.52. The molecular formula is C12H17N5. The van der Waals surface area contributed by atoms with Gasteiger partial charge in [-0.3, -0.25) is 10.6 Å². The number of benzene rings is 1. The van der Waals surface area contributed by atoms with Crippen LogP contribution in [0.1, 0.15) is 11.1 Å². The number of hydrogen-bond donors (Lipinski definition) is 4. The van der Waals surface area contributed by atoms with Gasteiger partial charge in [-0.2, -0.15) is 5.26 Å². The topological polar surface area (TPSA) is 71.9 Å². The Labute approximate surface area is 101 Å². The number of hydrogen-bond acceptors (Lipinski definition) is 5. The van der Waals surface area contributed by atoms with Crippen LogP contribution in [0.5, 0.6) is 0 Å². The first kappa shape index (κ1) is 11.7. The molecule has 1 aliphatic heterocycles. The van der Waals surface area contributed by atoms with Gasteiger partial charge in [-0.25, -0.2) is 0 Å². The summed E-state index contributed by atoms with van der Waals surface area (Å²) in [7, 11) is 5.67. The third kappa shape index (κ3) is 1.62. The molecule has 0 fully saturated rings. The second kappa shape index (κ2) is 4.24. The Morgan fingerprint density at radius 3 is 2.53 bits per heavy atom. The Balaban J connectivity index is 2.58. The van der Waals surface area contributed by atoms with Crippen molar-refractivity contribution in [1.29, 1.82) is 5.26 Å². The van der Waals surface area contributed by atoms with Crippen LogP contribution in [0, 0.1) is 11.3 Å². The highest BCUT2D eigenvalue weighted by Gasteiger charge is 2.36. The number of likely N-dealkylation sites (N-methyl/N-ethyl adjacent to an activating group) is 2. The van der Waals surface area contributed by atoms with Gasteiger partial charge in [0.05, 0.1) is 17.8 Å². The third-order valence-corrected chi connectivity index (χ3v) is 3.40. The van der Waals surface area contributed by atoms with Gasteiger partial charge in [0.2, 0.25) is 0 Å². The Kier molecular flexibility index (Phi) is 2.92. The number of nitriles is 1. The molecule has 90 valence electrons. The summed E-state index contributed by atoms with van der Waals surface area (Å²) in [6, 6.07) is 6.10. The minimum absolute atomic E-state index is 0.269. The van der Waals surface area contributed by atoms with E-state index in [1.54, 1.807) is 0 Å². The number of anilines is 2. The summed E-state index contributed by atoms with van der Waals surface area (Å²) in [6.07, 6.45) is 0. The van der Waals surface area contributed by atoms with Crippen molar-refractivity contribution in [2.75, 3.05) is 38.3 Å². The normalized spacial score (nSPS) is 15.9. The molecule has 0 radical (unpaired) electrons. The second-order valence-corrected chi connectivity index (χ2v) is 4.06. The van der Waals surface area contributed by atoms with Crippen LogP contribution < -0.4 is 21.3 Å². The molecule has 2 rings (SSSR count). The van der Waals surface area contributed by atoms with Gasteiger partial charge < -0.3 is 10.6 Å². The van der Waals surface area contributed by atoms with Gasteiger partial charge in [-0.05, 0) is 26.2 Å². The number of fused-ring (bicyclic) bond motifs is 1. The van der Waals surface area contributed by atoms with E-state index < -0.39 is 0 Å². The summed E-state index contributed by atoms with van der Waals surface area (Å²) in [6.45, 7) is 0.757. The van der Waals surface area contributed by atoms with Crippen LogP contribution in [-0.2, 0) is 5.66 Å². The van der Waals surface area contributed by atoms with E-state index in [1.807, 2.05) is 33.3 Å². The second-order valence-electron chi connectivity index (χ2n) is 4.06. The van der Waals surface area contributed by atoms with Gasteiger partial charge in [0.15, 0.2) is 0 Å². The van der Waals surface area contributed by atoms with E-state index in [2.05, 4.69) is 27.3 Å². The summed E-state index contributed by atoms with van der Waals surface area (Å²) in [4.78, 5) is 0. The first-order chi connectivity index (χ1) is 8.20. The first-order valence-electron chi connectivity index (χ1n) is 5.59. The fourth-order valence-corrected chi connectivity index (χ4v) is 2.29. The van der Waals surface area contributed by atoms with E-state index in [1.165, 1.54) is 0 Å². The largest absolute Gasteiger partial charge is 0.387 e. The highest BCUT2D eigenvalue weighted by molar-refractivity contribution is 5.71. The Morgan fingerprint density at radius 1 is 1.29 bits per heavy atom. The molecule has 0 saturated heterocycles. The van der Waals surface area contributed by atoms with Gasteiger partial charge >= 0.3 is 0 Å². The number of nitrogens with one attached hydrogen (secondary N) is 4. The fourth-order valence-electron chi connectivity index (χ4n) is 2.29. The van der Waals surface area contributed by atoms with Gasteiger partial charge in [0.1, 0.15) is 11.7 Å². The summed E-state index contributed by atoms with van der Waals surface area (Å²) < 4.78 is 0. The maximum atomic E-state index is 9.08. The van der Waals surface area contributed by atoms with Crippen LogP contribution in [-0.4, -0.2) is 27.7 Å². The molecule has 0 bridgehead atoms. The molecule has 17 heavy (non-hydrogen) atoms.